The van der Waals surface area contributed by atoms with Crippen molar-refractivity contribution in [2.75, 3.05) is 57.2 Å². The molecule has 0 aliphatic carbocycles. The Morgan fingerprint density at radius 1 is 1.00 bits per heavy atom. The predicted octanol–water partition coefficient (Wildman–Crippen LogP) is 2.17. The number of nitrogens with zero attached hydrogens (tertiary/aromatic N) is 2. The van der Waals surface area contributed by atoms with E-state index in [1.165, 1.54) is 0 Å². The molecule has 0 saturated carbocycles. The molecule has 1 amide bonds. The van der Waals surface area contributed by atoms with E-state index in [1.807, 2.05) is 12.1 Å². The van der Waals surface area contributed by atoms with E-state index in [4.69, 9.17) is 9.47 Å². The van der Waals surface area contributed by atoms with Gasteiger partial charge in [0.1, 0.15) is 17.2 Å². The fourth-order valence-corrected chi connectivity index (χ4v) is 3.11. The maximum Gasteiger partial charge on any atom is 0.238 e. The number of phenolic OH excluding ortho intramolecular Hbond substituents is 1. The number of anilines is 2. The van der Waals surface area contributed by atoms with Crippen LogP contribution >= 0.6 is 0 Å². The van der Waals surface area contributed by atoms with Crippen LogP contribution in [0, 0.1) is 0 Å². The normalized spacial score (nSPS) is 14.7. The van der Waals surface area contributed by atoms with Crippen LogP contribution in [-0.2, 0) is 4.79 Å². The van der Waals surface area contributed by atoms with Gasteiger partial charge in [0, 0.05) is 55.8 Å². The second-order valence-corrected chi connectivity index (χ2v) is 6.43. The molecule has 144 valence electrons. The van der Waals surface area contributed by atoms with Gasteiger partial charge in [-0.2, -0.15) is 0 Å². The van der Waals surface area contributed by atoms with Crippen molar-refractivity contribution in [3.05, 3.63) is 42.5 Å². The summed E-state index contributed by atoms with van der Waals surface area (Å²) in [5, 5.41) is 12.3. The summed E-state index contributed by atoms with van der Waals surface area (Å²) in [6.07, 6.45) is 0. The van der Waals surface area contributed by atoms with Crippen LogP contribution in [0.1, 0.15) is 0 Å². The first-order valence-electron chi connectivity index (χ1n) is 8.86. The second kappa shape index (κ2) is 8.64. The summed E-state index contributed by atoms with van der Waals surface area (Å²) >= 11 is 0. The summed E-state index contributed by atoms with van der Waals surface area (Å²) in [5.74, 6) is 1.46. The Hall–Kier alpha value is -2.93. The van der Waals surface area contributed by atoms with Gasteiger partial charge >= 0.3 is 0 Å². The van der Waals surface area contributed by atoms with Gasteiger partial charge in [-0.3, -0.25) is 9.69 Å². The van der Waals surface area contributed by atoms with Gasteiger partial charge in [0.15, 0.2) is 0 Å². The van der Waals surface area contributed by atoms with Crippen LogP contribution in [0.25, 0.3) is 0 Å². The lowest BCUT2D eigenvalue weighted by Crippen LogP contribution is -2.48. The standard InChI is InChI=1S/C20H25N3O4/c1-26-18-11-15(12-19(13-18)27-2)21-20(25)14-22-7-9-23(10-8-22)16-3-5-17(24)6-4-16/h3-6,11-13,24H,7-10,14H2,1-2H3,(H,21,25). The molecule has 1 fully saturated rings. The fraction of sp³-hybridized carbons (Fsp3) is 0.350. The molecule has 7 heteroatoms. The minimum absolute atomic E-state index is 0.0663. The zero-order chi connectivity index (χ0) is 19.2. The highest BCUT2D eigenvalue weighted by Crippen LogP contribution is 2.26. The van der Waals surface area contributed by atoms with Crippen molar-refractivity contribution in [2.24, 2.45) is 0 Å². The lowest BCUT2D eigenvalue weighted by atomic mass is 10.2. The number of aromatic hydroxyl groups is 1. The molecule has 2 N–H and O–H groups in total. The van der Waals surface area contributed by atoms with Crippen LogP contribution in [0.2, 0.25) is 0 Å². The van der Waals surface area contributed by atoms with Crippen LogP contribution < -0.4 is 19.7 Å². The monoisotopic (exact) mass is 371 g/mol. The van der Waals surface area contributed by atoms with Crippen LogP contribution in [0.3, 0.4) is 0 Å². The van der Waals surface area contributed by atoms with Crippen LogP contribution in [0.15, 0.2) is 42.5 Å². The first-order valence-corrected chi connectivity index (χ1v) is 8.86. The third kappa shape index (κ3) is 5.04. The van der Waals surface area contributed by atoms with Gasteiger partial charge in [0.25, 0.3) is 0 Å². The number of methoxy groups -OCH3 is 2. The summed E-state index contributed by atoms with van der Waals surface area (Å²) in [6, 6.07) is 12.5. The van der Waals surface area contributed by atoms with Gasteiger partial charge in [-0.25, -0.2) is 0 Å². The van der Waals surface area contributed by atoms with Crippen LogP contribution in [0.4, 0.5) is 11.4 Å². The zero-order valence-electron chi connectivity index (χ0n) is 15.6. The highest BCUT2D eigenvalue weighted by molar-refractivity contribution is 5.92. The Balaban J connectivity index is 1.51. The van der Waals surface area contributed by atoms with Gasteiger partial charge in [-0.15, -0.1) is 0 Å². The van der Waals surface area contributed by atoms with E-state index in [9.17, 15) is 9.90 Å². The summed E-state index contributed by atoms with van der Waals surface area (Å²) in [7, 11) is 3.15. The van der Waals surface area contributed by atoms with Crippen molar-refractivity contribution >= 4 is 17.3 Å². The van der Waals surface area contributed by atoms with Crippen molar-refractivity contribution in [3.63, 3.8) is 0 Å². The van der Waals surface area contributed by atoms with Crippen LogP contribution in [0.5, 0.6) is 17.2 Å². The van der Waals surface area contributed by atoms with E-state index >= 15 is 0 Å². The number of carbonyl (C=O) groups excluding carboxylic acids is 1. The Labute approximate surface area is 159 Å². The zero-order valence-corrected chi connectivity index (χ0v) is 15.6. The molecule has 2 aromatic rings. The topological polar surface area (TPSA) is 74.3 Å². The molecule has 27 heavy (non-hydrogen) atoms. The molecule has 3 rings (SSSR count). The smallest absolute Gasteiger partial charge is 0.238 e. The summed E-state index contributed by atoms with van der Waals surface area (Å²) in [6.45, 7) is 3.62. The molecule has 0 bridgehead atoms. The van der Waals surface area contributed by atoms with Gasteiger partial charge < -0.3 is 24.8 Å². The molecule has 1 aliphatic rings. The first-order chi connectivity index (χ1) is 13.1. The molecule has 1 aliphatic heterocycles. The molecule has 1 saturated heterocycles. The second-order valence-electron chi connectivity index (χ2n) is 6.43. The average molecular weight is 371 g/mol. The lowest BCUT2D eigenvalue weighted by Gasteiger charge is -2.35. The van der Waals surface area contributed by atoms with E-state index in [-0.39, 0.29) is 11.7 Å². The number of piperazine rings is 1. The highest BCUT2D eigenvalue weighted by Gasteiger charge is 2.19. The summed E-state index contributed by atoms with van der Waals surface area (Å²) in [4.78, 5) is 16.8. The number of phenols is 1. The molecular formula is C20H25N3O4. The third-order valence-electron chi connectivity index (χ3n) is 4.59. The fourth-order valence-electron chi connectivity index (χ4n) is 3.11. The molecule has 0 spiro atoms. The van der Waals surface area contributed by atoms with E-state index in [2.05, 4.69) is 15.1 Å². The number of hydrogen-bond donors (Lipinski definition) is 2. The number of rotatable bonds is 6. The quantitative estimate of drug-likeness (QED) is 0.811. The molecule has 7 nitrogen and oxygen atoms in total. The number of hydrogen-bond acceptors (Lipinski definition) is 6. The Bertz CT molecular complexity index is 749. The highest BCUT2D eigenvalue weighted by atomic mass is 16.5. The maximum atomic E-state index is 12.4. The summed E-state index contributed by atoms with van der Waals surface area (Å²) < 4.78 is 10.5. The Kier molecular flexibility index (Phi) is 6.03. The van der Waals surface area contributed by atoms with Crippen LogP contribution in [-0.4, -0.2) is 62.9 Å². The summed E-state index contributed by atoms with van der Waals surface area (Å²) in [5.41, 5.74) is 1.74. The van der Waals surface area contributed by atoms with Crippen molar-refractivity contribution in [1.82, 2.24) is 4.90 Å². The number of amides is 1. The molecule has 0 radical (unpaired) electrons. The number of ether oxygens (including phenoxy) is 2. The average Bonchev–Trinajstić information content (AvgIpc) is 2.68. The number of nitrogens with one attached hydrogen (secondary N) is 1. The van der Waals surface area contributed by atoms with E-state index < -0.39 is 0 Å². The minimum Gasteiger partial charge on any atom is -0.508 e. The van der Waals surface area contributed by atoms with E-state index in [0.717, 1.165) is 31.9 Å². The predicted molar refractivity (Wildman–Crippen MR) is 105 cm³/mol. The van der Waals surface area contributed by atoms with Crippen molar-refractivity contribution in [3.8, 4) is 17.2 Å². The van der Waals surface area contributed by atoms with Gasteiger partial charge in [0.05, 0.1) is 20.8 Å². The van der Waals surface area contributed by atoms with Crippen molar-refractivity contribution in [2.45, 2.75) is 0 Å². The van der Waals surface area contributed by atoms with E-state index in [1.54, 1.807) is 44.6 Å². The largest absolute Gasteiger partial charge is 0.508 e. The molecule has 0 aromatic heterocycles. The third-order valence-corrected chi connectivity index (χ3v) is 4.59. The molecule has 1 heterocycles. The van der Waals surface area contributed by atoms with E-state index in [0.29, 0.717) is 23.7 Å². The first kappa shape index (κ1) is 18.8. The molecule has 0 atom stereocenters. The van der Waals surface area contributed by atoms with Crippen molar-refractivity contribution in [1.29, 1.82) is 0 Å². The number of carbonyl (C=O) groups is 1. The molecule has 0 unspecified atom stereocenters. The van der Waals surface area contributed by atoms with Gasteiger partial charge in [-0.1, -0.05) is 0 Å². The SMILES string of the molecule is COc1cc(NC(=O)CN2CCN(c3ccc(O)cc3)CC2)cc(OC)c1. The maximum absolute atomic E-state index is 12.4. The number of benzene rings is 2. The Morgan fingerprint density at radius 3 is 2.15 bits per heavy atom. The Morgan fingerprint density at radius 2 is 1.59 bits per heavy atom. The molecular weight excluding hydrogens is 346 g/mol. The minimum atomic E-state index is -0.0663. The molecule has 2 aromatic carbocycles. The van der Waals surface area contributed by atoms with Gasteiger partial charge in [0.2, 0.25) is 5.91 Å². The van der Waals surface area contributed by atoms with Crippen molar-refractivity contribution < 1.29 is 19.4 Å². The van der Waals surface area contributed by atoms with Gasteiger partial charge in [-0.05, 0) is 24.3 Å². The lowest BCUT2D eigenvalue weighted by molar-refractivity contribution is -0.117.